The molecule has 0 aliphatic carbocycles. The highest BCUT2D eigenvalue weighted by atomic mass is 32.1. The lowest BCUT2D eigenvalue weighted by Gasteiger charge is -2.25. The molecule has 0 saturated carbocycles. The first-order chi connectivity index (χ1) is 16.0. The van der Waals surface area contributed by atoms with E-state index in [0.29, 0.717) is 10.9 Å². The Morgan fingerprint density at radius 2 is 1.73 bits per heavy atom. The molecule has 0 aliphatic rings. The normalized spacial score (nSPS) is 11.7. The molecule has 1 N–H and O–H groups in total. The maximum Gasteiger partial charge on any atom is 0.235 e. The van der Waals surface area contributed by atoms with Crippen molar-refractivity contribution in [2.75, 3.05) is 12.0 Å². The zero-order valence-corrected chi connectivity index (χ0v) is 19.6. The van der Waals surface area contributed by atoms with Crippen molar-refractivity contribution in [2.45, 2.75) is 26.3 Å². The molecule has 0 fully saturated rings. The Kier molecular flexibility index (Phi) is 6.70. The predicted molar refractivity (Wildman–Crippen MR) is 132 cm³/mol. The highest BCUT2D eigenvalue weighted by Crippen LogP contribution is 2.36. The number of carbonyl (C=O) groups is 2. The van der Waals surface area contributed by atoms with E-state index in [1.807, 2.05) is 79.7 Å². The Labute approximate surface area is 196 Å². The van der Waals surface area contributed by atoms with Gasteiger partial charge in [0.1, 0.15) is 5.75 Å². The molecule has 1 atom stereocenters. The fraction of sp³-hybridized carbons (Fsp3) is 0.192. The van der Waals surface area contributed by atoms with Crippen LogP contribution >= 0.6 is 11.3 Å². The van der Waals surface area contributed by atoms with E-state index in [2.05, 4.69) is 5.32 Å². The molecule has 7 heteroatoms. The smallest absolute Gasteiger partial charge is 0.235 e. The molecule has 0 saturated heterocycles. The zero-order chi connectivity index (χ0) is 23.4. The van der Waals surface area contributed by atoms with Gasteiger partial charge in [-0.2, -0.15) is 0 Å². The number of thiazole rings is 1. The summed E-state index contributed by atoms with van der Waals surface area (Å²) in [6.07, 6.45) is 0.0795. The summed E-state index contributed by atoms with van der Waals surface area (Å²) in [4.78, 5) is 32.1. The molecular weight excluding hydrogens is 434 g/mol. The first-order valence-electron chi connectivity index (χ1n) is 10.6. The number of nitrogens with one attached hydrogen (secondary N) is 1. The van der Waals surface area contributed by atoms with Crippen molar-refractivity contribution in [1.82, 2.24) is 10.3 Å². The van der Waals surface area contributed by atoms with Gasteiger partial charge >= 0.3 is 0 Å². The Morgan fingerprint density at radius 1 is 1.03 bits per heavy atom. The lowest BCUT2D eigenvalue weighted by atomic mass is 10.0. The largest absolute Gasteiger partial charge is 0.497 e. The highest BCUT2D eigenvalue weighted by molar-refractivity contribution is 7.22. The van der Waals surface area contributed by atoms with Crippen LogP contribution in [0.3, 0.4) is 0 Å². The minimum atomic E-state index is -0.484. The quantitative estimate of drug-likeness (QED) is 0.394. The minimum Gasteiger partial charge on any atom is -0.497 e. The molecule has 2 amide bonds. The lowest BCUT2D eigenvalue weighted by molar-refractivity contribution is -0.121. The number of carbonyl (C=O) groups excluding carboxylic acids is 2. The molecular formula is C26H25N3O3S. The van der Waals surface area contributed by atoms with Crippen LogP contribution in [0.1, 0.15) is 30.5 Å². The van der Waals surface area contributed by atoms with Gasteiger partial charge in [-0.1, -0.05) is 53.8 Å². The van der Waals surface area contributed by atoms with Gasteiger partial charge in [-0.05, 0) is 48.4 Å². The Morgan fingerprint density at radius 3 is 2.39 bits per heavy atom. The number of para-hydroxylation sites is 2. The van der Waals surface area contributed by atoms with Gasteiger partial charge < -0.3 is 10.1 Å². The SMILES string of the molecule is COc1ccc(C(CC(=O)N(c2nc3ccccc3s2)c2ccccc2C)NC(C)=O)cc1. The van der Waals surface area contributed by atoms with E-state index >= 15 is 0 Å². The van der Waals surface area contributed by atoms with Gasteiger partial charge in [-0.15, -0.1) is 0 Å². The molecule has 4 aromatic rings. The van der Waals surface area contributed by atoms with Crippen molar-refractivity contribution in [2.24, 2.45) is 0 Å². The summed E-state index contributed by atoms with van der Waals surface area (Å²) in [5.41, 5.74) is 3.41. The fourth-order valence-electron chi connectivity index (χ4n) is 3.71. The molecule has 168 valence electrons. The topological polar surface area (TPSA) is 71.5 Å². The van der Waals surface area contributed by atoms with Crippen molar-refractivity contribution in [3.63, 3.8) is 0 Å². The number of benzene rings is 3. The van der Waals surface area contributed by atoms with Crippen molar-refractivity contribution in [1.29, 1.82) is 0 Å². The molecule has 1 unspecified atom stereocenters. The Bertz CT molecular complexity index is 1250. The van der Waals surface area contributed by atoms with Crippen LogP contribution < -0.4 is 15.0 Å². The molecule has 0 bridgehead atoms. The van der Waals surface area contributed by atoms with E-state index in [1.165, 1.54) is 18.3 Å². The van der Waals surface area contributed by atoms with Crippen LogP contribution in [0.2, 0.25) is 0 Å². The van der Waals surface area contributed by atoms with Gasteiger partial charge in [0.05, 0.1) is 35.5 Å². The standard InChI is InChI=1S/C26H25N3O3S/c1-17-8-4-6-10-23(17)29(26-28-21-9-5-7-11-24(21)33-26)25(31)16-22(27-18(2)30)19-12-14-20(32-3)15-13-19/h4-15,22H,16H2,1-3H3,(H,27,30). The molecule has 0 aliphatic heterocycles. The number of anilines is 2. The first-order valence-corrected chi connectivity index (χ1v) is 11.4. The van der Waals surface area contributed by atoms with Crippen LogP contribution in [0.5, 0.6) is 5.75 Å². The average Bonchev–Trinajstić information content (AvgIpc) is 3.23. The van der Waals surface area contributed by atoms with Gasteiger partial charge in [0.2, 0.25) is 11.8 Å². The lowest BCUT2D eigenvalue weighted by Crippen LogP contribution is -2.33. The monoisotopic (exact) mass is 459 g/mol. The first kappa shape index (κ1) is 22.5. The summed E-state index contributed by atoms with van der Waals surface area (Å²) in [5.74, 6) is 0.353. The van der Waals surface area contributed by atoms with Crippen LogP contribution in [-0.4, -0.2) is 23.9 Å². The van der Waals surface area contributed by atoms with E-state index in [1.54, 1.807) is 12.0 Å². The fourth-order valence-corrected chi connectivity index (χ4v) is 4.71. The number of nitrogens with zero attached hydrogens (tertiary/aromatic N) is 2. The summed E-state index contributed by atoms with van der Waals surface area (Å²) in [7, 11) is 1.60. The van der Waals surface area contributed by atoms with Gasteiger partial charge in [-0.3, -0.25) is 14.5 Å². The maximum absolute atomic E-state index is 13.8. The third-order valence-corrected chi connectivity index (χ3v) is 6.38. The summed E-state index contributed by atoms with van der Waals surface area (Å²) >= 11 is 1.47. The van der Waals surface area contributed by atoms with Crippen LogP contribution in [0.15, 0.2) is 72.8 Å². The van der Waals surface area contributed by atoms with Crippen LogP contribution in [0.4, 0.5) is 10.8 Å². The highest BCUT2D eigenvalue weighted by Gasteiger charge is 2.27. The molecule has 1 heterocycles. The average molecular weight is 460 g/mol. The number of aromatic nitrogens is 1. The van der Waals surface area contributed by atoms with E-state index in [9.17, 15) is 9.59 Å². The van der Waals surface area contributed by atoms with Gasteiger partial charge in [0, 0.05) is 6.92 Å². The van der Waals surface area contributed by atoms with E-state index < -0.39 is 6.04 Å². The molecule has 3 aromatic carbocycles. The summed E-state index contributed by atoms with van der Waals surface area (Å²) < 4.78 is 6.24. The second-order valence-corrected chi connectivity index (χ2v) is 8.72. The number of hydrogen-bond donors (Lipinski definition) is 1. The Balaban J connectivity index is 1.72. The van der Waals surface area contributed by atoms with Gasteiger partial charge in [0.25, 0.3) is 0 Å². The van der Waals surface area contributed by atoms with Crippen LogP contribution in [0, 0.1) is 6.92 Å². The summed E-state index contributed by atoms with van der Waals surface area (Å²) in [5, 5.41) is 3.52. The number of hydrogen-bond acceptors (Lipinski definition) is 5. The van der Waals surface area contributed by atoms with Gasteiger partial charge in [-0.25, -0.2) is 4.98 Å². The molecule has 33 heavy (non-hydrogen) atoms. The van der Waals surface area contributed by atoms with Crippen molar-refractivity contribution < 1.29 is 14.3 Å². The second kappa shape index (κ2) is 9.83. The molecule has 1 aromatic heterocycles. The molecule has 4 rings (SSSR count). The van der Waals surface area contributed by atoms with E-state index in [4.69, 9.17) is 9.72 Å². The third kappa shape index (κ3) is 5.04. The number of rotatable bonds is 7. The number of amides is 2. The molecule has 0 spiro atoms. The maximum atomic E-state index is 13.8. The summed E-state index contributed by atoms with van der Waals surface area (Å²) in [6.45, 7) is 3.42. The van der Waals surface area contributed by atoms with Crippen molar-refractivity contribution >= 4 is 44.2 Å². The van der Waals surface area contributed by atoms with Crippen LogP contribution in [0.25, 0.3) is 10.2 Å². The van der Waals surface area contributed by atoms with Gasteiger partial charge in [0.15, 0.2) is 5.13 Å². The van der Waals surface area contributed by atoms with Crippen molar-refractivity contribution in [3.05, 3.63) is 83.9 Å². The minimum absolute atomic E-state index is 0.0795. The number of ether oxygens (including phenoxy) is 1. The number of fused-ring (bicyclic) bond motifs is 1. The van der Waals surface area contributed by atoms with E-state index in [-0.39, 0.29) is 18.2 Å². The zero-order valence-electron chi connectivity index (χ0n) is 18.7. The number of methoxy groups -OCH3 is 1. The predicted octanol–water partition coefficient (Wildman–Crippen LogP) is 5.55. The molecule has 0 radical (unpaired) electrons. The van der Waals surface area contributed by atoms with E-state index in [0.717, 1.165) is 27.0 Å². The van der Waals surface area contributed by atoms with Crippen LogP contribution in [-0.2, 0) is 9.59 Å². The second-order valence-electron chi connectivity index (χ2n) is 7.71. The molecule has 6 nitrogen and oxygen atoms in total. The Hall–Kier alpha value is -3.71. The third-order valence-electron chi connectivity index (χ3n) is 5.35. The summed E-state index contributed by atoms with van der Waals surface area (Å²) in [6, 6.07) is 22.4. The van der Waals surface area contributed by atoms with Crippen molar-refractivity contribution in [3.8, 4) is 5.75 Å². The number of aryl methyl sites for hydroxylation is 1.